The molecule has 4 rings (SSSR count). The SMILES string of the molecule is Cc1cc2c(n1/C(N)=N/C(NCc1ccccc1)=C1/CCCCP1)C=CCC2C(N)=O. The van der Waals surface area contributed by atoms with Gasteiger partial charge in [0.1, 0.15) is 5.82 Å². The number of allylic oxidation sites excluding steroid dienone is 2. The van der Waals surface area contributed by atoms with Crippen LogP contribution in [-0.2, 0) is 11.3 Å². The van der Waals surface area contributed by atoms with Crippen molar-refractivity contribution in [1.29, 1.82) is 0 Å². The number of nitrogens with two attached hydrogens (primary N) is 2. The third-order valence-corrected chi connectivity index (χ3v) is 7.37. The molecular formula is C24H30N5OP. The lowest BCUT2D eigenvalue weighted by atomic mass is 9.91. The van der Waals surface area contributed by atoms with Gasteiger partial charge in [0, 0.05) is 12.2 Å². The highest BCUT2D eigenvalue weighted by Gasteiger charge is 2.26. The van der Waals surface area contributed by atoms with E-state index in [4.69, 9.17) is 16.5 Å². The monoisotopic (exact) mass is 435 g/mol. The van der Waals surface area contributed by atoms with Crippen molar-refractivity contribution in [3.05, 3.63) is 76.1 Å². The smallest absolute Gasteiger partial charge is 0.225 e. The van der Waals surface area contributed by atoms with E-state index in [2.05, 4.69) is 17.4 Å². The van der Waals surface area contributed by atoms with Crippen LogP contribution in [0.25, 0.3) is 6.08 Å². The summed E-state index contributed by atoms with van der Waals surface area (Å²) in [5, 5.41) is 4.89. The Bertz CT molecular complexity index is 1040. The number of aliphatic imine (C=N–C) groups is 1. The first-order valence-electron chi connectivity index (χ1n) is 10.8. The summed E-state index contributed by atoms with van der Waals surface area (Å²) in [7, 11) is 0.772. The van der Waals surface area contributed by atoms with Crippen molar-refractivity contribution in [3.63, 3.8) is 0 Å². The van der Waals surface area contributed by atoms with Gasteiger partial charge in [-0.1, -0.05) is 45.0 Å². The minimum atomic E-state index is -0.318. The van der Waals surface area contributed by atoms with Gasteiger partial charge in [0.15, 0.2) is 0 Å². The van der Waals surface area contributed by atoms with Crippen LogP contribution in [-0.4, -0.2) is 22.6 Å². The summed E-state index contributed by atoms with van der Waals surface area (Å²) < 4.78 is 1.93. The molecule has 2 heterocycles. The molecule has 6 nitrogen and oxygen atoms in total. The standard InChI is InChI=1S/C24H30N5OP/c1-16-14-19-18(22(25)30)10-7-11-20(19)29(16)24(26)28-23(21-12-5-6-13-31-21)27-15-17-8-3-2-4-9-17/h2-4,7-9,11,14,18,27,31H,5-6,10,12-13,15H2,1H3,(H2,25,30)(H2,26,28)/b23-21-. The van der Waals surface area contributed by atoms with E-state index in [1.165, 1.54) is 29.9 Å². The third-order valence-electron chi connectivity index (χ3n) is 5.86. The molecule has 2 atom stereocenters. The molecule has 1 aromatic heterocycles. The van der Waals surface area contributed by atoms with E-state index in [0.717, 1.165) is 37.8 Å². The molecule has 0 bridgehead atoms. The quantitative estimate of drug-likeness (QED) is 0.379. The molecule has 1 aliphatic carbocycles. The molecule has 162 valence electrons. The number of hydrogen-bond acceptors (Lipinski definition) is 3. The molecule has 1 amide bonds. The second-order valence-electron chi connectivity index (χ2n) is 8.07. The number of aryl methyl sites for hydroxylation is 1. The predicted molar refractivity (Wildman–Crippen MR) is 129 cm³/mol. The maximum absolute atomic E-state index is 11.9. The van der Waals surface area contributed by atoms with Gasteiger partial charge in [-0.3, -0.25) is 9.36 Å². The first kappa shape index (κ1) is 21.4. The Morgan fingerprint density at radius 3 is 2.77 bits per heavy atom. The van der Waals surface area contributed by atoms with Crippen LogP contribution in [0.1, 0.15) is 54.1 Å². The van der Waals surface area contributed by atoms with Crippen molar-refractivity contribution >= 4 is 26.5 Å². The van der Waals surface area contributed by atoms with Crippen LogP contribution >= 0.6 is 8.58 Å². The number of benzene rings is 1. The molecule has 1 saturated heterocycles. The van der Waals surface area contributed by atoms with E-state index in [0.29, 0.717) is 18.9 Å². The molecule has 0 spiro atoms. The summed E-state index contributed by atoms with van der Waals surface area (Å²) in [6, 6.07) is 12.3. The van der Waals surface area contributed by atoms with Crippen LogP contribution < -0.4 is 16.8 Å². The molecule has 1 fully saturated rings. The number of nitrogens with one attached hydrogen (secondary N) is 1. The lowest BCUT2D eigenvalue weighted by Gasteiger charge is -2.20. The molecule has 1 aromatic carbocycles. The minimum absolute atomic E-state index is 0.311. The molecule has 2 unspecified atom stereocenters. The van der Waals surface area contributed by atoms with E-state index >= 15 is 0 Å². The highest BCUT2D eigenvalue weighted by atomic mass is 31.1. The van der Waals surface area contributed by atoms with E-state index in [1.807, 2.05) is 47.9 Å². The summed E-state index contributed by atoms with van der Waals surface area (Å²) in [5.41, 5.74) is 16.2. The number of fused-ring (bicyclic) bond motifs is 1. The van der Waals surface area contributed by atoms with E-state index in [-0.39, 0.29) is 11.8 Å². The van der Waals surface area contributed by atoms with Gasteiger partial charge in [-0.2, -0.15) is 4.99 Å². The first-order valence-corrected chi connectivity index (χ1v) is 12.0. The molecule has 1 aliphatic heterocycles. The lowest BCUT2D eigenvalue weighted by Crippen LogP contribution is -2.28. The fourth-order valence-electron chi connectivity index (χ4n) is 4.27. The minimum Gasteiger partial charge on any atom is -0.369 e. The van der Waals surface area contributed by atoms with Crippen LogP contribution in [0.5, 0.6) is 0 Å². The normalized spacial score (nSPS) is 21.1. The van der Waals surface area contributed by atoms with E-state index in [1.54, 1.807) is 0 Å². The Morgan fingerprint density at radius 2 is 2.06 bits per heavy atom. The van der Waals surface area contributed by atoms with Crippen molar-refractivity contribution < 1.29 is 4.79 Å². The van der Waals surface area contributed by atoms with Gasteiger partial charge in [-0.15, -0.1) is 0 Å². The summed E-state index contributed by atoms with van der Waals surface area (Å²) in [6.07, 6.45) is 9.35. The topological polar surface area (TPSA) is 98.4 Å². The number of amides is 1. The first-order chi connectivity index (χ1) is 15.0. The second-order valence-corrected chi connectivity index (χ2v) is 9.53. The van der Waals surface area contributed by atoms with Gasteiger partial charge < -0.3 is 16.8 Å². The van der Waals surface area contributed by atoms with Gasteiger partial charge >= 0.3 is 0 Å². The number of nitrogens with zero attached hydrogens (tertiary/aromatic N) is 2. The number of aromatic nitrogens is 1. The fourth-order valence-corrected chi connectivity index (χ4v) is 5.66. The zero-order valence-electron chi connectivity index (χ0n) is 17.9. The average Bonchev–Trinajstić information content (AvgIpc) is 3.13. The maximum atomic E-state index is 11.9. The number of carbonyl (C=O) groups excluding carboxylic acids is 1. The lowest BCUT2D eigenvalue weighted by molar-refractivity contribution is -0.119. The highest BCUT2D eigenvalue weighted by Crippen LogP contribution is 2.37. The van der Waals surface area contributed by atoms with Gasteiger partial charge in [0.05, 0.1) is 11.6 Å². The van der Waals surface area contributed by atoms with Gasteiger partial charge in [-0.25, -0.2) is 0 Å². The van der Waals surface area contributed by atoms with E-state index < -0.39 is 0 Å². The second kappa shape index (κ2) is 9.52. The van der Waals surface area contributed by atoms with Crippen molar-refractivity contribution in [1.82, 2.24) is 9.88 Å². The Labute approximate surface area is 185 Å². The maximum Gasteiger partial charge on any atom is 0.225 e. The Balaban J connectivity index is 1.68. The van der Waals surface area contributed by atoms with Crippen molar-refractivity contribution in [2.45, 2.75) is 45.1 Å². The Hall–Kier alpha value is -2.85. The van der Waals surface area contributed by atoms with E-state index in [9.17, 15) is 4.79 Å². The molecule has 2 aromatic rings. The van der Waals surface area contributed by atoms with Crippen LogP contribution in [0.4, 0.5) is 0 Å². The number of hydrogen-bond donors (Lipinski definition) is 3. The zero-order chi connectivity index (χ0) is 21.8. The molecule has 31 heavy (non-hydrogen) atoms. The molecule has 0 radical (unpaired) electrons. The molecule has 2 aliphatic rings. The zero-order valence-corrected chi connectivity index (χ0v) is 18.9. The summed E-state index contributed by atoms with van der Waals surface area (Å²) in [4.78, 5) is 16.8. The fraction of sp³-hybridized carbons (Fsp3) is 0.333. The Kier molecular flexibility index (Phi) is 6.57. The highest BCUT2D eigenvalue weighted by molar-refractivity contribution is 7.43. The number of carbonyl (C=O) groups is 1. The van der Waals surface area contributed by atoms with Crippen molar-refractivity contribution in [3.8, 4) is 0 Å². The average molecular weight is 436 g/mol. The largest absolute Gasteiger partial charge is 0.369 e. The van der Waals surface area contributed by atoms with Gasteiger partial charge in [-0.05, 0) is 67.4 Å². The summed E-state index contributed by atoms with van der Waals surface area (Å²) in [5.74, 6) is 0.662. The van der Waals surface area contributed by atoms with Gasteiger partial charge in [0.2, 0.25) is 11.9 Å². The predicted octanol–water partition coefficient (Wildman–Crippen LogP) is 3.77. The summed E-state index contributed by atoms with van der Waals surface area (Å²) >= 11 is 0. The van der Waals surface area contributed by atoms with Gasteiger partial charge in [0.25, 0.3) is 0 Å². The molecular weight excluding hydrogens is 405 g/mol. The van der Waals surface area contributed by atoms with Crippen LogP contribution in [0, 0.1) is 6.92 Å². The van der Waals surface area contributed by atoms with Crippen molar-refractivity contribution in [2.75, 3.05) is 6.16 Å². The molecule has 0 saturated carbocycles. The van der Waals surface area contributed by atoms with Crippen LogP contribution in [0.3, 0.4) is 0 Å². The third kappa shape index (κ3) is 4.75. The van der Waals surface area contributed by atoms with Crippen molar-refractivity contribution in [2.24, 2.45) is 16.5 Å². The Morgan fingerprint density at radius 1 is 1.26 bits per heavy atom. The van der Waals surface area contributed by atoms with Crippen LogP contribution in [0.2, 0.25) is 0 Å². The molecule has 5 N–H and O–H groups in total. The summed E-state index contributed by atoms with van der Waals surface area (Å²) in [6.45, 7) is 2.69. The van der Waals surface area contributed by atoms with Crippen LogP contribution in [0.15, 0.2) is 58.6 Å². The number of rotatable bonds is 5. The molecule has 7 heteroatoms. The number of primary amides is 1.